The summed E-state index contributed by atoms with van der Waals surface area (Å²) in [5.74, 6) is -0.864. The first-order chi connectivity index (χ1) is 16.2. The number of aromatic nitrogens is 4. The van der Waals surface area contributed by atoms with E-state index in [0.29, 0.717) is 35.0 Å². The number of nitrogens with zero attached hydrogens (tertiary/aromatic N) is 5. The van der Waals surface area contributed by atoms with Crippen LogP contribution in [0.5, 0.6) is 0 Å². The van der Waals surface area contributed by atoms with Crippen molar-refractivity contribution in [2.75, 3.05) is 11.4 Å². The number of carbonyl (C=O) groups is 3. The molecule has 3 atom stereocenters. The van der Waals surface area contributed by atoms with E-state index < -0.39 is 35.4 Å². The molecule has 178 valence electrons. The van der Waals surface area contributed by atoms with E-state index in [9.17, 15) is 14.4 Å². The molecular formula is C21H22ClN7O5. The zero-order chi connectivity index (χ0) is 23.9. The third-order valence-electron chi connectivity index (χ3n) is 6.81. The number of halogens is 1. The number of imidazole rings is 1. The Bertz CT molecular complexity index is 1380. The van der Waals surface area contributed by atoms with Crippen LogP contribution in [0.15, 0.2) is 16.9 Å². The van der Waals surface area contributed by atoms with Gasteiger partial charge < -0.3 is 18.7 Å². The molecule has 0 unspecified atom stereocenters. The number of anilines is 1. The molecule has 2 N–H and O–H groups in total. The van der Waals surface area contributed by atoms with Gasteiger partial charge in [-0.1, -0.05) is 16.8 Å². The van der Waals surface area contributed by atoms with Gasteiger partial charge in [-0.05, 0) is 13.8 Å². The predicted octanol–water partition coefficient (Wildman–Crippen LogP) is 1.41. The Morgan fingerprint density at radius 1 is 1.24 bits per heavy atom. The number of amides is 4. The SMILES string of the molecule is C[C@@H]1CN2c3c(nc4c(-c5nccn5C)noc4c3Cl)CC3(C(=O)NC(=O)NC3=O)[C@H]2[C@H](C)O1.[HH]. The van der Waals surface area contributed by atoms with Crippen LogP contribution in [0.4, 0.5) is 10.5 Å². The van der Waals surface area contributed by atoms with E-state index >= 15 is 0 Å². The molecule has 3 aromatic heterocycles. The van der Waals surface area contributed by atoms with Crippen LogP contribution in [0.2, 0.25) is 5.02 Å². The van der Waals surface area contributed by atoms with Gasteiger partial charge in [0.05, 0.1) is 29.6 Å². The number of carbonyl (C=O) groups excluding carboxylic acids is 3. The van der Waals surface area contributed by atoms with Crippen LogP contribution < -0.4 is 15.5 Å². The Labute approximate surface area is 199 Å². The smallest absolute Gasteiger partial charge is 0.328 e. The van der Waals surface area contributed by atoms with Gasteiger partial charge in [0.2, 0.25) is 17.4 Å². The highest BCUT2D eigenvalue weighted by atomic mass is 35.5. The molecule has 2 saturated heterocycles. The summed E-state index contributed by atoms with van der Waals surface area (Å²) >= 11 is 6.87. The number of urea groups is 1. The predicted molar refractivity (Wildman–Crippen MR) is 120 cm³/mol. The van der Waals surface area contributed by atoms with Crippen molar-refractivity contribution in [3.63, 3.8) is 0 Å². The number of ether oxygens (including phenoxy) is 1. The van der Waals surface area contributed by atoms with Gasteiger partial charge in [-0.15, -0.1) is 0 Å². The van der Waals surface area contributed by atoms with E-state index in [-0.39, 0.29) is 24.6 Å². The molecule has 2 fully saturated rings. The fourth-order valence-electron chi connectivity index (χ4n) is 5.50. The van der Waals surface area contributed by atoms with Crippen LogP contribution in [0, 0.1) is 5.41 Å². The van der Waals surface area contributed by atoms with Crippen LogP contribution >= 0.6 is 11.6 Å². The first-order valence-electron chi connectivity index (χ1n) is 10.8. The standard InChI is InChI=1S/C21H20ClN7O5.H2/c1-8-7-29-14-10(6-21(16(29)9(2)33-8)18(30)25-20(32)26-19(21)31)24-12-13(17-23-4-5-28(17)3)27-34-15(12)11(14)22;/h4-5,8-9,16H,6-7H2,1-3H3,(H2,25,26,30,31,32);1H/t8-,9+,16-;/m1./s1. The number of pyridine rings is 1. The molecule has 3 aromatic rings. The summed E-state index contributed by atoms with van der Waals surface area (Å²) in [5, 5.41) is 8.95. The molecule has 3 aliphatic rings. The Morgan fingerprint density at radius 3 is 2.65 bits per heavy atom. The molecule has 1 spiro atoms. The largest absolute Gasteiger partial charge is 0.372 e. The van der Waals surface area contributed by atoms with Crippen LogP contribution in [0.3, 0.4) is 0 Å². The van der Waals surface area contributed by atoms with Crippen molar-refractivity contribution in [1.82, 2.24) is 30.3 Å². The first kappa shape index (κ1) is 21.1. The van der Waals surface area contributed by atoms with E-state index in [1.54, 1.807) is 23.9 Å². The number of imide groups is 2. The van der Waals surface area contributed by atoms with E-state index in [1.165, 1.54) is 0 Å². The highest BCUT2D eigenvalue weighted by Gasteiger charge is 2.63. The Morgan fingerprint density at radius 2 is 1.97 bits per heavy atom. The van der Waals surface area contributed by atoms with Gasteiger partial charge in [0.25, 0.3) is 0 Å². The molecule has 0 aliphatic carbocycles. The third kappa shape index (κ3) is 2.63. The minimum absolute atomic E-state index is 0. The maximum atomic E-state index is 13.3. The van der Waals surface area contributed by atoms with Crippen molar-refractivity contribution in [2.45, 2.75) is 38.5 Å². The van der Waals surface area contributed by atoms with Gasteiger partial charge in [0.1, 0.15) is 10.5 Å². The van der Waals surface area contributed by atoms with Gasteiger partial charge in [-0.2, -0.15) is 0 Å². The second-order valence-corrected chi connectivity index (χ2v) is 9.30. The molecule has 34 heavy (non-hydrogen) atoms. The number of hydrogen-bond donors (Lipinski definition) is 2. The fourth-order valence-corrected chi connectivity index (χ4v) is 5.84. The summed E-state index contributed by atoms with van der Waals surface area (Å²) in [5.41, 5.74) is 0.381. The van der Waals surface area contributed by atoms with Crippen LogP contribution in [-0.4, -0.2) is 62.3 Å². The topological polar surface area (TPSA) is 144 Å². The second kappa shape index (κ2) is 7.00. The maximum Gasteiger partial charge on any atom is 0.328 e. The second-order valence-electron chi connectivity index (χ2n) is 8.93. The van der Waals surface area contributed by atoms with Crippen molar-refractivity contribution in [1.29, 1.82) is 0 Å². The Balaban J connectivity index is 0.00000253. The van der Waals surface area contributed by atoms with Crippen molar-refractivity contribution >= 4 is 46.2 Å². The minimum atomic E-state index is -1.65. The van der Waals surface area contributed by atoms with Gasteiger partial charge in [0.15, 0.2) is 16.9 Å². The van der Waals surface area contributed by atoms with E-state index in [1.807, 2.05) is 18.9 Å². The van der Waals surface area contributed by atoms with Crippen LogP contribution in [0.1, 0.15) is 21.0 Å². The minimum Gasteiger partial charge on any atom is -0.372 e. The molecule has 0 bridgehead atoms. The lowest BCUT2D eigenvalue weighted by Gasteiger charge is -2.55. The van der Waals surface area contributed by atoms with E-state index in [4.69, 9.17) is 25.8 Å². The summed E-state index contributed by atoms with van der Waals surface area (Å²) in [6, 6.07) is -1.58. The first-order valence-corrected chi connectivity index (χ1v) is 11.1. The normalized spacial score (nSPS) is 25.8. The zero-order valence-electron chi connectivity index (χ0n) is 18.5. The summed E-state index contributed by atoms with van der Waals surface area (Å²) < 4.78 is 13.4. The average Bonchev–Trinajstić information content (AvgIpc) is 3.37. The lowest BCUT2D eigenvalue weighted by molar-refractivity contribution is -0.153. The molecule has 12 nitrogen and oxygen atoms in total. The molecule has 3 aliphatic heterocycles. The highest BCUT2D eigenvalue weighted by molar-refractivity contribution is 6.38. The summed E-state index contributed by atoms with van der Waals surface area (Å²) in [4.78, 5) is 49.5. The molecule has 6 rings (SSSR count). The number of rotatable bonds is 1. The molecule has 0 aromatic carbocycles. The van der Waals surface area contributed by atoms with Crippen molar-refractivity contribution in [2.24, 2.45) is 12.5 Å². The summed E-state index contributed by atoms with van der Waals surface area (Å²) in [7, 11) is 1.81. The average molecular weight is 488 g/mol. The molecule has 4 amide bonds. The molecule has 13 heteroatoms. The molecule has 6 heterocycles. The Kier molecular flexibility index (Phi) is 4.33. The quantitative estimate of drug-likeness (QED) is 0.486. The van der Waals surface area contributed by atoms with E-state index in [2.05, 4.69) is 20.8 Å². The molecule has 0 radical (unpaired) electrons. The lowest BCUT2D eigenvalue weighted by atomic mass is 9.67. The number of fused-ring (bicyclic) bond motifs is 5. The Hall–Kier alpha value is -3.51. The monoisotopic (exact) mass is 487 g/mol. The van der Waals surface area contributed by atoms with Crippen molar-refractivity contribution in [3.8, 4) is 11.5 Å². The van der Waals surface area contributed by atoms with Gasteiger partial charge in [0, 0.05) is 33.8 Å². The van der Waals surface area contributed by atoms with Gasteiger partial charge in [-0.3, -0.25) is 20.2 Å². The maximum absolute atomic E-state index is 13.3. The lowest BCUT2D eigenvalue weighted by Crippen LogP contribution is -2.75. The van der Waals surface area contributed by atoms with Crippen LogP contribution in [-0.2, 0) is 27.8 Å². The van der Waals surface area contributed by atoms with Crippen molar-refractivity contribution in [3.05, 3.63) is 23.1 Å². The highest BCUT2D eigenvalue weighted by Crippen LogP contribution is 2.50. The van der Waals surface area contributed by atoms with Gasteiger partial charge in [-0.25, -0.2) is 14.8 Å². The number of barbiturate groups is 1. The van der Waals surface area contributed by atoms with E-state index in [0.717, 1.165) is 0 Å². The van der Waals surface area contributed by atoms with Gasteiger partial charge >= 0.3 is 6.03 Å². The summed E-state index contributed by atoms with van der Waals surface area (Å²) in [6.45, 7) is 4.04. The number of morpholine rings is 1. The van der Waals surface area contributed by atoms with Crippen molar-refractivity contribution < 1.29 is 25.1 Å². The zero-order valence-corrected chi connectivity index (χ0v) is 19.2. The molecule has 0 saturated carbocycles. The number of nitrogens with one attached hydrogen (secondary N) is 2. The number of aryl methyl sites for hydroxylation is 1. The number of hydrogen-bond acceptors (Lipinski definition) is 9. The third-order valence-corrected chi connectivity index (χ3v) is 7.16. The fraction of sp³-hybridized carbons (Fsp3) is 0.429. The van der Waals surface area contributed by atoms with Crippen LogP contribution in [0.25, 0.3) is 22.6 Å². The summed E-state index contributed by atoms with van der Waals surface area (Å²) in [6.07, 6.45) is 2.57. The molecular weight excluding hydrogens is 466 g/mol.